The largest absolute Gasteiger partial charge is 0.378 e. The second-order valence-electron chi connectivity index (χ2n) is 5.15. The highest BCUT2D eigenvalue weighted by Gasteiger charge is 2.37. The normalized spacial score (nSPS) is 27.6. The van der Waals surface area contributed by atoms with Crippen LogP contribution in [0.4, 0.5) is 8.78 Å². The molecule has 0 aromatic carbocycles. The summed E-state index contributed by atoms with van der Waals surface area (Å²) in [5.74, 6) is 0. The average molecular weight is 233 g/mol. The molecule has 94 valence electrons. The Balaban J connectivity index is 2.81. The fourth-order valence-corrected chi connectivity index (χ4v) is 2.18. The van der Waals surface area contributed by atoms with Gasteiger partial charge in [0.2, 0.25) is 0 Å². The topological polar surface area (TPSA) is 12.5 Å². The summed E-state index contributed by atoms with van der Waals surface area (Å²) in [4.78, 5) is 2.08. The molecule has 1 aliphatic rings. The molecule has 1 heterocycles. The molecule has 0 bridgehead atoms. The third kappa shape index (κ3) is 3.25. The highest BCUT2D eigenvalue weighted by Crippen LogP contribution is 2.37. The first-order chi connectivity index (χ1) is 7.35. The minimum absolute atomic E-state index is 0.0768. The van der Waals surface area contributed by atoms with E-state index in [-0.39, 0.29) is 11.7 Å². The average Bonchev–Trinajstić information content (AvgIpc) is 2.14. The molecule has 1 saturated heterocycles. The van der Waals surface area contributed by atoms with Crippen LogP contribution < -0.4 is 0 Å². The molecule has 0 radical (unpaired) electrons. The molecule has 1 rings (SSSR count). The van der Waals surface area contributed by atoms with Crippen LogP contribution in [-0.2, 0) is 4.74 Å². The number of rotatable bonds is 3. The summed E-state index contributed by atoms with van der Waals surface area (Å²) in [6.45, 7) is 7.40. The van der Waals surface area contributed by atoms with Crippen LogP contribution in [0.15, 0.2) is 11.7 Å². The zero-order valence-corrected chi connectivity index (χ0v) is 10.5. The Labute approximate surface area is 96.3 Å². The zero-order chi connectivity index (χ0) is 12.3. The van der Waals surface area contributed by atoms with Gasteiger partial charge in [-0.25, -0.2) is 0 Å². The molecular formula is C12H21F2NO. The first-order valence-electron chi connectivity index (χ1n) is 5.70. The quantitative estimate of drug-likeness (QED) is 0.743. The first kappa shape index (κ1) is 13.6. The van der Waals surface area contributed by atoms with Gasteiger partial charge in [0.1, 0.15) is 0 Å². The van der Waals surface area contributed by atoms with Gasteiger partial charge in [0.05, 0.1) is 12.7 Å². The van der Waals surface area contributed by atoms with Crippen molar-refractivity contribution in [2.24, 2.45) is 5.41 Å². The lowest BCUT2D eigenvalue weighted by Crippen LogP contribution is -2.44. The minimum atomic E-state index is -1.53. The highest BCUT2D eigenvalue weighted by molar-refractivity contribution is 5.18. The van der Waals surface area contributed by atoms with Crippen molar-refractivity contribution >= 4 is 0 Å². The standard InChI is InChI=1S/C12H21F2NO/c1-9(2)16-8-12(3)7-15(4)6-5-10(12)11(13)14/h9H,5-8H2,1-4H3/t12-/m1/s1. The summed E-state index contributed by atoms with van der Waals surface area (Å²) in [5.41, 5.74) is -0.276. The van der Waals surface area contributed by atoms with E-state index in [0.717, 1.165) is 0 Å². The Morgan fingerprint density at radius 1 is 1.50 bits per heavy atom. The van der Waals surface area contributed by atoms with Crippen LogP contribution in [0.2, 0.25) is 0 Å². The molecule has 0 aromatic rings. The molecule has 4 heteroatoms. The van der Waals surface area contributed by atoms with Crippen molar-refractivity contribution in [3.05, 3.63) is 11.7 Å². The number of nitrogens with zero attached hydrogens (tertiary/aromatic N) is 1. The van der Waals surface area contributed by atoms with Crippen molar-refractivity contribution in [1.29, 1.82) is 0 Å². The van der Waals surface area contributed by atoms with E-state index in [9.17, 15) is 8.78 Å². The van der Waals surface area contributed by atoms with E-state index in [1.165, 1.54) is 0 Å². The third-order valence-electron chi connectivity index (χ3n) is 3.05. The summed E-state index contributed by atoms with van der Waals surface area (Å²) >= 11 is 0. The van der Waals surface area contributed by atoms with E-state index in [4.69, 9.17) is 4.74 Å². The van der Waals surface area contributed by atoms with Gasteiger partial charge in [0, 0.05) is 24.1 Å². The molecule has 1 fully saturated rings. The third-order valence-corrected chi connectivity index (χ3v) is 3.05. The maximum absolute atomic E-state index is 12.9. The van der Waals surface area contributed by atoms with E-state index in [1.807, 2.05) is 27.8 Å². The number of piperidine rings is 1. The van der Waals surface area contributed by atoms with E-state index >= 15 is 0 Å². The predicted octanol–water partition coefficient (Wildman–Crippen LogP) is 2.90. The first-order valence-corrected chi connectivity index (χ1v) is 5.70. The summed E-state index contributed by atoms with van der Waals surface area (Å²) in [6, 6.07) is 0. The van der Waals surface area contributed by atoms with Gasteiger partial charge in [-0.15, -0.1) is 0 Å². The molecule has 0 amide bonds. The van der Waals surface area contributed by atoms with Crippen molar-refractivity contribution in [1.82, 2.24) is 4.90 Å². The van der Waals surface area contributed by atoms with Crippen molar-refractivity contribution in [2.45, 2.75) is 33.3 Å². The highest BCUT2D eigenvalue weighted by atomic mass is 19.3. The van der Waals surface area contributed by atoms with E-state index < -0.39 is 11.5 Å². The lowest BCUT2D eigenvalue weighted by Gasteiger charge is -2.40. The Morgan fingerprint density at radius 3 is 2.62 bits per heavy atom. The minimum Gasteiger partial charge on any atom is -0.378 e. The number of ether oxygens (including phenoxy) is 1. The molecule has 1 aliphatic heterocycles. The van der Waals surface area contributed by atoms with Crippen LogP contribution in [0.3, 0.4) is 0 Å². The monoisotopic (exact) mass is 233 g/mol. The Kier molecular flexibility index (Phi) is 4.44. The van der Waals surface area contributed by atoms with Crippen molar-refractivity contribution in [3.63, 3.8) is 0 Å². The lowest BCUT2D eigenvalue weighted by atomic mass is 9.78. The van der Waals surface area contributed by atoms with Crippen LogP contribution in [0.25, 0.3) is 0 Å². The van der Waals surface area contributed by atoms with Crippen LogP contribution >= 0.6 is 0 Å². The summed E-state index contributed by atoms with van der Waals surface area (Å²) < 4.78 is 31.3. The molecule has 0 saturated carbocycles. The molecule has 0 spiro atoms. The summed E-state index contributed by atoms with van der Waals surface area (Å²) in [6.07, 6.45) is -1.01. The van der Waals surface area contributed by atoms with Crippen molar-refractivity contribution in [2.75, 3.05) is 26.7 Å². The predicted molar refractivity (Wildman–Crippen MR) is 60.6 cm³/mol. The van der Waals surface area contributed by atoms with Crippen LogP contribution in [-0.4, -0.2) is 37.7 Å². The lowest BCUT2D eigenvalue weighted by molar-refractivity contribution is 0.00490. The molecule has 1 atom stereocenters. The number of halogens is 2. The second kappa shape index (κ2) is 5.23. The van der Waals surface area contributed by atoms with Gasteiger partial charge >= 0.3 is 0 Å². The van der Waals surface area contributed by atoms with Crippen molar-refractivity contribution in [3.8, 4) is 0 Å². The van der Waals surface area contributed by atoms with Gasteiger partial charge < -0.3 is 9.64 Å². The second-order valence-corrected chi connectivity index (χ2v) is 5.15. The van der Waals surface area contributed by atoms with Gasteiger partial charge in [0.15, 0.2) is 0 Å². The molecule has 0 aliphatic carbocycles. The van der Waals surface area contributed by atoms with Gasteiger partial charge in [-0.3, -0.25) is 0 Å². The van der Waals surface area contributed by atoms with E-state index in [0.29, 0.717) is 26.1 Å². The number of hydrogen-bond acceptors (Lipinski definition) is 2. The smallest absolute Gasteiger partial charge is 0.270 e. The number of likely N-dealkylation sites (tertiary alicyclic amines) is 1. The van der Waals surface area contributed by atoms with Crippen LogP contribution in [0, 0.1) is 5.41 Å². The van der Waals surface area contributed by atoms with Crippen LogP contribution in [0.1, 0.15) is 27.2 Å². The summed E-state index contributed by atoms with van der Waals surface area (Å²) in [7, 11) is 1.96. The van der Waals surface area contributed by atoms with Crippen molar-refractivity contribution < 1.29 is 13.5 Å². The maximum Gasteiger partial charge on any atom is 0.270 e. The molecule has 2 nitrogen and oxygen atoms in total. The fraction of sp³-hybridized carbons (Fsp3) is 0.833. The van der Waals surface area contributed by atoms with E-state index in [1.54, 1.807) is 0 Å². The Bertz CT molecular complexity index is 274. The van der Waals surface area contributed by atoms with E-state index in [2.05, 4.69) is 4.90 Å². The van der Waals surface area contributed by atoms with Crippen LogP contribution in [0.5, 0.6) is 0 Å². The Hall–Kier alpha value is -0.480. The van der Waals surface area contributed by atoms with Gasteiger partial charge in [-0.2, -0.15) is 8.78 Å². The SMILES string of the molecule is CC(C)OC[C@@]1(C)CN(C)CCC1=C(F)F. The molecule has 16 heavy (non-hydrogen) atoms. The van der Waals surface area contributed by atoms with Gasteiger partial charge in [0.25, 0.3) is 6.08 Å². The molecule has 0 aromatic heterocycles. The maximum atomic E-state index is 12.9. The number of hydrogen-bond donors (Lipinski definition) is 0. The summed E-state index contributed by atoms with van der Waals surface area (Å²) in [5, 5.41) is 0. The molecular weight excluding hydrogens is 212 g/mol. The molecule has 0 unspecified atom stereocenters. The zero-order valence-electron chi connectivity index (χ0n) is 10.5. The van der Waals surface area contributed by atoms with Gasteiger partial charge in [-0.05, 0) is 27.3 Å². The fourth-order valence-electron chi connectivity index (χ4n) is 2.18. The molecule has 0 N–H and O–H groups in total. The Morgan fingerprint density at radius 2 is 2.12 bits per heavy atom. The van der Waals surface area contributed by atoms with Gasteiger partial charge in [-0.1, -0.05) is 6.92 Å².